The van der Waals surface area contributed by atoms with E-state index >= 15 is 0 Å². The van der Waals surface area contributed by atoms with E-state index in [4.69, 9.17) is 0 Å². The van der Waals surface area contributed by atoms with Gasteiger partial charge in [-0.3, -0.25) is 0 Å². The molecule has 0 amide bonds. The Labute approximate surface area is 126 Å². The lowest BCUT2D eigenvalue weighted by Crippen LogP contribution is -2.41. The second-order valence-corrected chi connectivity index (χ2v) is 5.94. The molecule has 1 saturated heterocycles. The average molecular weight is 280 g/mol. The highest BCUT2D eigenvalue weighted by Gasteiger charge is 2.40. The van der Waals surface area contributed by atoms with E-state index in [1.54, 1.807) is 0 Å². The number of piperidine rings is 1. The van der Waals surface area contributed by atoms with Crippen molar-refractivity contribution in [2.45, 2.75) is 25.4 Å². The average Bonchev–Trinajstić information content (AvgIpc) is 2.56. The van der Waals surface area contributed by atoms with Gasteiger partial charge in [0, 0.05) is 13.1 Å². The van der Waals surface area contributed by atoms with Crippen molar-refractivity contribution < 1.29 is 5.11 Å². The lowest BCUT2D eigenvalue weighted by Gasteiger charge is -2.39. The van der Waals surface area contributed by atoms with Crippen LogP contribution in [0.5, 0.6) is 0 Å². The maximum atomic E-state index is 11.6. The normalized spacial score (nSPS) is 19.1. The highest BCUT2D eigenvalue weighted by molar-refractivity contribution is 5.38. The lowest BCUT2D eigenvalue weighted by atomic mass is 9.72. The summed E-state index contributed by atoms with van der Waals surface area (Å²) >= 11 is 0. The van der Waals surface area contributed by atoms with Crippen LogP contribution in [0.25, 0.3) is 0 Å². The standard InChI is InChI=1S/C19H22NO/c1-15-7-9-17(10-8-15)19(21,16-5-3-2-4-6-16)18-11-13-20-14-12-18/h2-10,18,21H,11-14H2,1H3. The Morgan fingerprint density at radius 2 is 1.48 bits per heavy atom. The summed E-state index contributed by atoms with van der Waals surface area (Å²) in [6, 6.07) is 18.4. The Morgan fingerprint density at radius 3 is 2.10 bits per heavy atom. The van der Waals surface area contributed by atoms with Gasteiger partial charge in [-0.1, -0.05) is 60.2 Å². The molecule has 0 bridgehead atoms. The van der Waals surface area contributed by atoms with Gasteiger partial charge in [-0.25, -0.2) is 5.32 Å². The summed E-state index contributed by atoms with van der Waals surface area (Å²) in [6.07, 6.45) is 1.89. The lowest BCUT2D eigenvalue weighted by molar-refractivity contribution is 0.00198. The Hall–Kier alpha value is -1.64. The fourth-order valence-corrected chi connectivity index (χ4v) is 3.31. The molecule has 2 aromatic rings. The van der Waals surface area contributed by atoms with Crippen molar-refractivity contribution in [3.05, 3.63) is 71.3 Å². The summed E-state index contributed by atoms with van der Waals surface area (Å²) in [7, 11) is 0. The van der Waals surface area contributed by atoms with Crippen LogP contribution >= 0.6 is 0 Å². The van der Waals surface area contributed by atoms with Gasteiger partial charge in [0.15, 0.2) is 0 Å². The topological polar surface area (TPSA) is 34.3 Å². The molecule has 2 aromatic carbocycles. The van der Waals surface area contributed by atoms with Crippen LogP contribution in [0.2, 0.25) is 0 Å². The molecular formula is C19H22NO. The van der Waals surface area contributed by atoms with Gasteiger partial charge in [-0.2, -0.15) is 0 Å². The maximum absolute atomic E-state index is 11.6. The van der Waals surface area contributed by atoms with Crippen LogP contribution in [0, 0.1) is 12.8 Å². The molecule has 1 N–H and O–H groups in total. The smallest absolute Gasteiger partial charge is 0.117 e. The predicted octanol–water partition coefficient (Wildman–Crippen LogP) is 3.25. The summed E-state index contributed by atoms with van der Waals surface area (Å²) in [6.45, 7) is 3.78. The van der Waals surface area contributed by atoms with E-state index in [1.807, 2.05) is 30.3 Å². The van der Waals surface area contributed by atoms with Gasteiger partial charge in [0.25, 0.3) is 0 Å². The van der Waals surface area contributed by atoms with Crippen molar-refractivity contribution in [1.82, 2.24) is 5.32 Å². The molecule has 3 rings (SSSR count). The monoisotopic (exact) mass is 280 g/mol. The first-order valence-corrected chi connectivity index (χ1v) is 7.69. The van der Waals surface area contributed by atoms with Crippen LogP contribution < -0.4 is 5.32 Å². The Balaban J connectivity index is 2.07. The number of hydrogen-bond donors (Lipinski definition) is 1. The first kappa shape index (κ1) is 14.3. The fourth-order valence-electron chi connectivity index (χ4n) is 3.31. The number of nitrogens with zero attached hydrogens (tertiary/aromatic N) is 1. The van der Waals surface area contributed by atoms with E-state index in [1.165, 1.54) is 5.56 Å². The molecule has 2 heteroatoms. The van der Waals surface area contributed by atoms with Gasteiger partial charge in [-0.05, 0) is 36.8 Å². The van der Waals surface area contributed by atoms with Crippen molar-refractivity contribution in [3.8, 4) is 0 Å². The third kappa shape index (κ3) is 2.74. The third-order valence-corrected chi connectivity index (χ3v) is 4.57. The van der Waals surface area contributed by atoms with E-state index in [9.17, 15) is 5.11 Å². The zero-order chi connectivity index (χ0) is 14.7. The highest BCUT2D eigenvalue weighted by Crippen LogP contribution is 2.41. The quantitative estimate of drug-likeness (QED) is 0.920. The first-order chi connectivity index (χ1) is 10.2. The van der Waals surface area contributed by atoms with Gasteiger partial charge >= 0.3 is 0 Å². The molecule has 1 heterocycles. The molecule has 109 valence electrons. The molecule has 0 aromatic heterocycles. The predicted molar refractivity (Wildman–Crippen MR) is 85.2 cm³/mol. The van der Waals surface area contributed by atoms with Crippen LogP contribution in [0.15, 0.2) is 54.6 Å². The number of aryl methyl sites for hydroxylation is 1. The Kier molecular flexibility index (Phi) is 4.09. The minimum atomic E-state index is -0.912. The largest absolute Gasteiger partial charge is 0.380 e. The van der Waals surface area contributed by atoms with Crippen LogP contribution in [0.1, 0.15) is 29.5 Å². The van der Waals surface area contributed by atoms with E-state index in [0.29, 0.717) is 0 Å². The number of aliphatic hydroxyl groups is 1. The summed E-state index contributed by atoms with van der Waals surface area (Å²) < 4.78 is 0. The summed E-state index contributed by atoms with van der Waals surface area (Å²) in [5, 5.41) is 16.1. The summed E-state index contributed by atoms with van der Waals surface area (Å²) in [5.41, 5.74) is 2.28. The van der Waals surface area contributed by atoms with Gasteiger partial charge in [0.2, 0.25) is 0 Å². The van der Waals surface area contributed by atoms with Crippen molar-refractivity contribution in [1.29, 1.82) is 0 Å². The highest BCUT2D eigenvalue weighted by atomic mass is 16.3. The van der Waals surface area contributed by atoms with Gasteiger partial charge in [-0.15, -0.1) is 0 Å². The minimum Gasteiger partial charge on any atom is -0.380 e. The van der Waals surface area contributed by atoms with Crippen molar-refractivity contribution in [2.75, 3.05) is 13.1 Å². The summed E-state index contributed by atoms with van der Waals surface area (Å²) in [5.74, 6) is 0.222. The van der Waals surface area contributed by atoms with Crippen LogP contribution in [-0.4, -0.2) is 18.2 Å². The molecule has 0 spiro atoms. The zero-order valence-electron chi connectivity index (χ0n) is 12.5. The third-order valence-electron chi connectivity index (χ3n) is 4.57. The minimum absolute atomic E-state index is 0.222. The number of benzene rings is 2. The van der Waals surface area contributed by atoms with Gasteiger partial charge in [0.05, 0.1) is 0 Å². The van der Waals surface area contributed by atoms with Crippen molar-refractivity contribution >= 4 is 0 Å². The van der Waals surface area contributed by atoms with Crippen LogP contribution in [0.3, 0.4) is 0 Å². The molecule has 1 aliphatic rings. The van der Waals surface area contributed by atoms with E-state index in [0.717, 1.165) is 37.1 Å². The first-order valence-electron chi connectivity index (χ1n) is 7.69. The molecule has 0 aliphatic carbocycles. The molecule has 1 aliphatic heterocycles. The van der Waals surface area contributed by atoms with Crippen LogP contribution in [0.4, 0.5) is 0 Å². The Morgan fingerprint density at radius 1 is 0.905 bits per heavy atom. The Bertz CT molecular complexity index is 572. The molecule has 1 fully saturated rings. The second kappa shape index (κ2) is 6.00. The SMILES string of the molecule is Cc1ccc(C(O)(c2ccccc2)C2CC[N]CC2)cc1. The van der Waals surface area contributed by atoms with Gasteiger partial charge < -0.3 is 5.11 Å². The molecule has 1 atom stereocenters. The molecule has 0 saturated carbocycles. The van der Waals surface area contributed by atoms with E-state index < -0.39 is 5.60 Å². The number of rotatable bonds is 3. The second-order valence-electron chi connectivity index (χ2n) is 5.94. The fraction of sp³-hybridized carbons (Fsp3) is 0.368. The van der Waals surface area contributed by atoms with E-state index in [-0.39, 0.29) is 5.92 Å². The molecule has 1 unspecified atom stereocenters. The van der Waals surface area contributed by atoms with Crippen LogP contribution in [-0.2, 0) is 5.60 Å². The zero-order valence-corrected chi connectivity index (χ0v) is 12.5. The molecular weight excluding hydrogens is 258 g/mol. The van der Waals surface area contributed by atoms with Crippen molar-refractivity contribution in [3.63, 3.8) is 0 Å². The number of hydrogen-bond acceptors (Lipinski definition) is 1. The molecule has 2 nitrogen and oxygen atoms in total. The maximum Gasteiger partial charge on any atom is 0.117 e. The summed E-state index contributed by atoms with van der Waals surface area (Å²) in [4.78, 5) is 0. The van der Waals surface area contributed by atoms with E-state index in [2.05, 4.69) is 36.5 Å². The molecule has 1 radical (unpaired) electrons. The van der Waals surface area contributed by atoms with Gasteiger partial charge in [0.1, 0.15) is 5.60 Å². The molecule has 21 heavy (non-hydrogen) atoms. The van der Waals surface area contributed by atoms with Crippen molar-refractivity contribution in [2.24, 2.45) is 5.92 Å².